The van der Waals surface area contributed by atoms with Gasteiger partial charge < -0.3 is 10.5 Å². The largest absolute Gasteiger partial charge is 0.455 e. The smallest absolute Gasteiger partial charge is 0.148 e. The topological polar surface area (TPSA) is 48.1 Å². The van der Waals surface area contributed by atoms with Crippen LogP contribution in [0.2, 0.25) is 0 Å². The summed E-state index contributed by atoms with van der Waals surface area (Å²) in [5.41, 5.74) is 7.61. The van der Waals surface area contributed by atoms with E-state index in [1.165, 1.54) is 12.1 Å². The number of nitrogens with two attached hydrogens (primary N) is 1. The molecule has 3 rings (SSSR count). The summed E-state index contributed by atoms with van der Waals surface area (Å²) in [7, 11) is 0. The van der Waals surface area contributed by atoms with Gasteiger partial charge in [-0.3, -0.25) is 4.98 Å². The maximum atomic E-state index is 13.3. The second kappa shape index (κ2) is 4.38. The van der Waals surface area contributed by atoms with Crippen molar-refractivity contribution in [3.05, 3.63) is 53.6 Å². The van der Waals surface area contributed by atoms with Crippen LogP contribution in [0.25, 0.3) is 0 Å². The fraction of sp³-hybridized carbons (Fsp3) is 0.214. The Labute approximate surface area is 104 Å². The Morgan fingerprint density at radius 3 is 3.06 bits per heavy atom. The molecular weight excluding hydrogens is 231 g/mol. The quantitative estimate of drug-likeness (QED) is 0.838. The van der Waals surface area contributed by atoms with Crippen LogP contribution in [0.3, 0.4) is 0 Å². The predicted molar refractivity (Wildman–Crippen MR) is 66.2 cm³/mol. The minimum Gasteiger partial charge on any atom is -0.455 e. The molecule has 1 aliphatic rings. The van der Waals surface area contributed by atoms with Crippen LogP contribution in [-0.4, -0.2) is 11.5 Å². The second-order valence-corrected chi connectivity index (χ2v) is 4.37. The van der Waals surface area contributed by atoms with Gasteiger partial charge in [0.25, 0.3) is 0 Å². The first kappa shape index (κ1) is 11.2. The molecule has 0 amide bonds. The van der Waals surface area contributed by atoms with Gasteiger partial charge in [0.05, 0.1) is 5.69 Å². The molecule has 1 atom stereocenters. The van der Waals surface area contributed by atoms with Gasteiger partial charge in [-0.2, -0.15) is 0 Å². The zero-order valence-corrected chi connectivity index (χ0v) is 9.77. The molecule has 2 heterocycles. The van der Waals surface area contributed by atoms with E-state index in [1.54, 1.807) is 18.3 Å². The maximum Gasteiger partial charge on any atom is 0.148 e. The first-order valence-corrected chi connectivity index (χ1v) is 5.89. The van der Waals surface area contributed by atoms with Crippen molar-refractivity contribution in [1.29, 1.82) is 0 Å². The lowest BCUT2D eigenvalue weighted by molar-refractivity contribution is 0.470. The fourth-order valence-corrected chi connectivity index (χ4v) is 2.28. The van der Waals surface area contributed by atoms with Crippen LogP contribution >= 0.6 is 0 Å². The monoisotopic (exact) mass is 244 g/mol. The van der Waals surface area contributed by atoms with Crippen LogP contribution in [0, 0.1) is 5.82 Å². The van der Waals surface area contributed by atoms with Gasteiger partial charge in [-0.1, -0.05) is 6.07 Å². The van der Waals surface area contributed by atoms with Gasteiger partial charge in [0.1, 0.15) is 17.3 Å². The lowest BCUT2D eigenvalue weighted by atomic mass is 9.94. The van der Waals surface area contributed by atoms with E-state index in [2.05, 4.69) is 4.98 Å². The molecule has 92 valence electrons. The zero-order chi connectivity index (χ0) is 12.5. The van der Waals surface area contributed by atoms with E-state index in [9.17, 15) is 4.39 Å². The van der Waals surface area contributed by atoms with Gasteiger partial charge >= 0.3 is 0 Å². The molecule has 0 unspecified atom stereocenters. The van der Waals surface area contributed by atoms with Gasteiger partial charge in [-0.05, 0) is 30.3 Å². The lowest BCUT2D eigenvalue weighted by Crippen LogP contribution is -2.14. The summed E-state index contributed by atoms with van der Waals surface area (Å²) in [6, 6.07) is 8.24. The molecule has 3 nitrogen and oxygen atoms in total. The third kappa shape index (κ3) is 1.84. The number of benzene rings is 1. The Morgan fingerprint density at radius 2 is 2.22 bits per heavy atom. The van der Waals surface area contributed by atoms with Crippen molar-refractivity contribution >= 4 is 0 Å². The molecule has 2 aromatic rings. The number of pyridine rings is 1. The maximum absolute atomic E-state index is 13.3. The molecule has 0 aliphatic carbocycles. The van der Waals surface area contributed by atoms with Crippen molar-refractivity contribution in [1.82, 2.24) is 4.98 Å². The number of nitrogens with zero attached hydrogens (tertiary/aromatic N) is 1. The predicted octanol–water partition coefficient (Wildman–Crippen LogP) is 2.61. The van der Waals surface area contributed by atoms with Gasteiger partial charge in [0, 0.05) is 24.6 Å². The standard InChI is InChI=1S/C14H13FN2O/c15-10-3-4-11-9(8-16)6-12-13(2-1-5-17-12)18-14(11)7-10/h1-5,7,9H,6,8,16H2/t9-/m1/s1. The molecule has 0 radical (unpaired) electrons. The van der Waals surface area contributed by atoms with Crippen LogP contribution in [0.4, 0.5) is 4.39 Å². The van der Waals surface area contributed by atoms with E-state index in [0.29, 0.717) is 24.5 Å². The molecule has 18 heavy (non-hydrogen) atoms. The fourth-order valence-electron chi connectivity index (χ4n) is 2.28. The Bertz CT molecular complexity index is 586. The molecule has 0 bridgehead atoms. The Kier molecular flexibility index (Phi) is 2.72. The number of ether oxygens (including phenoxy) is 1. The average Bonchev–Trinajstić information content (AvgIpc) is 2.53. The lowest BCUT2D eigenvalue weighted by Gasteiger charge is -2.13. The van der Waals surface area contributed by atoms with E-state index >= 15 is 0 Å². The normalized spacial score (nSPS) is 17.3. The SMILES string of the molecule is NC[C@H]1Cc2ncccc2Oc2cc(F)ccc21. The van der Waals surface area contributed by atoms with Gasteiger partial charge in [0.15, 0.2) is 0 Å². The summed E-state index contributed by atoms with van der Waals surface area (Å²) in [6.45, 7) is 0.484. The van der Waals surface area contributed by atoms with Crippen LogP contribution in [0.1, 0.15) is 17.2 Å². The number of fused-ring (bicyclic) bond motifs is 2. The van der Waals surface area contributed by atoms with Crippen LogP contribution in [0.15, 0.2) is 36.5 Å². The van der Waals surface area contributed by atoms with Crippen molar-refractivity contribution in [2.24, 2.45) is 5.73 Å². The third-order valence-electron chi connectivity index (χ3n) is 3.21. The number of rotatable bonds is 1. The Morgan fingerprint density at radius 1 is 1.33 bits per heavy atom. The molecule has 0 fully saturated rings. The number of hydrogen-bond donors (Lipinski definition) is 1. The third-order valence-corrected chi connectivity index (χ3v) is 3.21. The van der Waals surface area contributed by atoms with Crippen LogP contribution in [0.5, 0.6) is 11.5 Å². The van der Waals surface area contributed by atoms with Crippen molar-refractivity contribution in [2.75, 3.05) is 6.54 Å². The summed E-state index contributed by atoms with van der Waals surface area (Å²) in [6.07, 6.45) is 2.44. The molecule has 1 aromatic carbocycles. The molecule has 1 aromatic heterocycles. The van der Waals surface area contributed by atoms with Crippen LogP contribution in [-0.2, 0) is 6.42 Å². The van der Waals surface area contributed by atoms with E-state index in [1.807, 2.05) is 6.07 Å². The van der Waals surface area contributed by atoms with Crippen LogP contribution < -0.4 is 10.5 Å². The summed E-state index contributed by atoms with van der Waals surface area (Å²) in [5.74, 6) is 1.02. The molecule has 0 spiro atoms. The van der Waals surface area contributed by atoms with Crippen molar-refractivity contribution in [2.45, 2.75) is 12.3 Å². The minimum absolute atomic E-state index is 0.108. The van der Waals surface area contributed by atoms with E-state index in [0.717, 1.165) is 11.3 Å². The highest BCUT2D eigenvalue weighted by molar-refractivity contribution is 5.45. The van der Waals surface area contributed by atoms with Crippen molar-refractivity contribution in [3.63, 3.8) is 0 Å². The second-order valence-electron chi connectivity index (χ2n) is 4.37. The molecular formula is C14H13FN2O. The number of halogens is 1. The number of aromatic nitrogens is 1. The highest BCUT2D eigenvalue weighted by Crippen LogP contribution is 2.38. The zero-order valence-electron chi connectivity index (χ0n) is 9.77. The summed E-state index contributed by atoms with van der Waals surface area (Å²) < 4.78 is 19.1. The van der Waals surface area contributed by atoms with Gasteiger partial charge in [-0.25, -0.2) is 4.39 Å². The van der Waals surface area contributed by atoms with Crippen molar-refractivity contribution < 1.29 is 9.13 Å². The molecule has 0 saturated carbocycles. The molecule has 4 heteroatoms. The first-order chi connectivity index (χ1) is 8.78. The van der Waals surface area contributed by atoms with Gasteiger partial charge in [0.2, 0.25) is 0 Å². The van der Waals surface area contributed by atoms with Gasteiger partial charge in [-0.15, -0.1) is 0 Å². The van der Waals surface area contributed by atoms with E-state index in [4.69, 9.17) is 10.5 Å². The number of hydrogen-bond acceptors (Lipinski definition) is 3. The summed E-state index contributed by atoms with van der Waals surface area (Å²) >= 11 is 0. The highest BCUT2D eigenvalue weighted by atomic mass is 19.1. The summed E-state index contributed by atoms with van der Waals surface area (Å²) in [4.78, 5) is 4.31. The van der Waals surface area contributed by atoms with Crippen molar-refractivity contribution in [3.8, 4) is 11.5 Å². The van der Waals surface area contributed by atoms with E-state index in [-0.39, 0.29) is 11.7 Å². The molecule has 2 N–H and O–H groups in total. The Hall–Kier alpha value is -1.94. The highest BCUT2D eigenvalue weighted by Gasteiger charge is 2.23. The summed E-state index contributed by atoms with van der Waals surface area (Å²) in [5, 5.41) is 0. The molecule has 1 aliphatic heterocycles. The minimum atomic E-state index is -0.308. The molecule has 0 saturated heterocycles. The van der Waals surface area contributed by atoms with E-state index < -0.39 is 0 Å². The Balaban J connectivity index is 2.14. The first-order valence-electron chi connectivity index (χ1n) is 5.89. The average molecular weight is 244 g/mol.